The maximum atomic E-state index is 14.0. The molecule has 5 nitrogen and oxygen atoms in total. The largest absolute Gasteiger partial charge is 0.357 e. The summed E-state index contributed by atoms with van der Waals surface area (Å²) in [4.78, 5) is 31.0. The Morgan fingerprint density at radius 2 is 1.86 bits per heavy atom. The molecule has 0 radical (unpaired) electrons. The van der Waals surface area contributed by atoms with E-state index < -0.39 is 0 Å². The van der Waals surface area contributed by atoms with Crippen molar-refractivity contribution in [3.63, 3.8) is 0 Å². The number of halogens is 1. The van der Waals surface area contributed by atoms with Crippen LogP contribution in [0.1, 0.15) is 33.0 Å². The van der Waals surface area contributed by atoms with E-state index >= 15 is 0 Å². The molecule has 144 valence electrons. The SMILES string of the molecule is O=C(NC1CCN(C(=O)c2ccc(-c3ccccc3F)s2)CC1)c1ccc[nH]1. The van der Waals surface area contributed by atoms with Crippen molar-refractivity contribution in [2.45, 2.75) is 18.9 Å². The van der Waals surface area contributed by atoms with E-state index in [1.54, 1.807) is 53.6 Å². The van der Waals surface area contributed by atoms with Crippen LogP contribution >= 0.6 is 11.3 Å². The number of thiophene rings is 1. The summed E-state index contributed by atoms with van der Waals surface area (Å²) >= 11 is 1.31. The van der Waals surface area contributed by atoms with E-state index in [0.717, 1.165) is 4.88 Å². The molecule has 2 amide bonds. The third kappa shape index (κ3) is 3.84. The number of piperidine rings is 1. The first kappa shape index (κ1) is 18.4. The Bertz CT molecular complexity index is 975. The molecule has 0 unspecified atom stereocenters. The summed E-state index contributed by atoms with van der Waals surface area (Å²) in [6.45, 7) is 1.17. The van der Waals surface area contributed by atoms with Gasteiger partial charge in [-0.05, 0) is 43.2 Å². The molecular formula is C21H20FN3O2S. The first-order chi connectivity index (χ1) is 13.6. The molecule has 1 fully saturated rings. The van der Waals surface area contributed by atoms with Crippen molar-refractivity contribution in [2.75, 3.05) is 13.1 Å². The van der Waals surface area contributed by atoms with Gasteiger partial charge in [0.15, 0.2) is 0 Å². The highest BCUT2D eigenvalue weighted by atomic mass is 32.1. The fraction of sp³-hybridized carbons (Fsp3) is 0.238. The van der Waals surface area contributed by atoms with Crippen molar-refractivity contribution >= 4 is 23.2 Å². The average molecular weight is 397 g/mol. The van der Waals surface area contributed by atoms with Gasteiger partial charge in [0, 0.05) is 35.8 Å². The predicted octanol–water partition coefficient (Wildman–Crippen LogP) is 3.92. The third-order valence-corrected chi connectivity index (χ3v) is 6.02. The van der Waals surface area contributed by atoms with Gasteiger partial charge in [-0.15, -0.1) is 11.3 Å². The molecule has 0 spiro atoms. The zero-order valence-corrected chi connectivity index (χ0v) is 16.0. The Morgan fingerprint density at radius 3 is 2.57 bits per heavy atom. The quantitative estimate of drug-likeness (QED) is 0.701. The second-order valence-electron chi connectivity index (χ2n) is 6.77. The monoisotopic (exact) mass is 397 g/mol. The minimum absolute atomic E-state index is 0.0401. The molecule has 7 heteroatoms. The molecule has 1 aromatic carbocycles. The number of nitrogens with one attached hydrogen (secondary N) is 2. The summed E-state index contributed by atoms with van der Waals surface area (Å²) in [7, 11) is 0. The molecule has 28 heavy (non-hydrogen) atoms. The lowest BCUT2D eigenvalue weighted by Gasteiger charge is -2.32. The molecule has 2 N–H and O–H groups in total. The fourth-order valence-electron chi connectivity index (χ4n) is 3.38. The van der Waals surface area contributed by atoms with E-state index in [2.05, 4.69) is 10.3 Å². The molecule has 0 bridgehead atoms. The standard InChI is InChI=1S/C21H20FN3O2S/c22-16-5-2-1-4-15(16)18-7-8-19(28-18)21(27)25-12-9-14(10-13-25)24-20(26)17-6-3-11-23-17/h1-8,11,14,23H,9-10,12-13H2,(H,24,26). The zero-order valence-electron chi connectivity index (χ0n) is 15.2. The molecule has 1 saturated heterocycles. The van der Waals surface area contributed by atoms with Gasteiger partial charge in [-0.25, -0.2) is 4.39 Å². The second kappa shape index (κ2) is 7.98. The smallest absolute Gasteiger partial charge is 0.267 e. The lowest BCUT2D eigenvalue weighted by molar-refractivity contribution is 0.0702. The Morgan fingerprint density at radius 1 is 1.07 bits per heavy atom. The first-order valence-corrected chi connectivity index (χ1v) is 10.0. The number of carbonyl (C=O) groups excluding carboxylic acids is 2. The summed E-state index contributed by atoms with van der Waals surface area (Å²) in [6, 6.07) is 13.7. The zero-order chi connectivity index (χ0) is 19.5. The maximum absolute atomic E-state index is 14.0. The predicted molar refractivity (Wildman–Crippen MR) is 107 cm³/mol. The van der Waals surface area contributed by atoms with Crippen LogP contribution < -0.4 is 5.32 Å². The molecule has 3 aromatic rings. The van der Waals surface area contributed by atoms with Crippen LogP contribution in [-0.4, -0.2) is 40.8 Å². The highest BCUT2D eigenvalue weighted by Crippen LogP contribution is 2.31. The third-order valence-electron chi connectivity index (χ3n) is 4.92. The molecule has 3 heterocycles. The summed E-state index contributed by atoms with van der Waals surface area (Å²) in [6.07, 6.45) is 3.14. The van der Waals surface area contributed by atoms with E-state index in [1.807, 2.05) is 0 Å². The number of H-pyrrole nitrogens is 1. The summed E-state index contributed by atoms with van der Waals surface area (Å²) in [5, 5.41) is 3.01. The number of aromatic nitrogens is 1. The molecule has 2 aromatic heterocycles. The molecular weight excluding hydrogens is 377 g/mol. The van der Waals surface area contributed by atoms with E-state index in [1.165, 1.54) is 17.4 Å². The van der Waals surface area contributed by atoms with Crippen molar-refractivity contribution in [3.8, 4) is 10.4 Å². The van der Waals surface area contributed by atoms with Gasteiger partial charge in [-0.2, -0.15) is 0 Å². The van der Waals surface area contributed by atoms with Gasteiger partial charge in [0.05, 0.1) is 4.88 Å². The van der Waals surface area contributed by atoms with Gasteiger partial charge in [-0.3, -0.25) is 9.59 Å². The van der Waals surface area contributed by atoms with E-state index in [9.17, 15) is 14.0 Å². The van der Waals surface area contributed by atoms with Crippen LogP contribution in [0.4, 0.5) is 4.39 Å². The number of hydrogen-bond donors (Lipinski definition) is 2. The van der Waals surface area contributed by atoms with Crippen LogP contribution in [0.3, 0.4) is 0 Å². The van der Waals surface area contributed by atoms with Crippen molar-refractivity contribution in [2.24, 2.45) is 0 Å². The van der Waals surface area contributed by atoms with Crippen molar-refractivity contribution in [3.05, 3.63) is 71.1 Å². The van der Waals surface area contributed by atoms with Crippen LogP contribution in [0.25, 0.3) is 10.4 Å². The molecule has 1 aliphatic heterocycles. The lowest BCUT2D eigenvalue weighted by atomic mass is 10.0. The highest BCUT2D eigenvalue weighted by molar-refractivity contribution is 7.17. The Hall–Kier alpha value is -2.93. The molecule has 0 saturated carbocycles. The highest BCUT2D eigenvalue weighted by Gasteiger charge is 2.26. The van der Waals surface area contributed by atoms with Crippen molar-refractivity contribution in [1.82, 2.24) is 15.2 Å². The topological polar surface area (TPSA) is 65.2 Å². The van der Waals surface area contributed by atoms with Crippen molar-refractivity contribution < 1.29 is 14.0 Å². The van der Waals surface area contributed by atoms with E-state index in [0.29, 0.717) is 42.1 Å². The van der Waals surface area contributed by atoms with Crippen LogP contribution in [0.15, 0.2) is 54.7 Å². The van der Waals surface area contributed by atoms with E-state index in [4.69, 9.17) is 0 Å². The number of nitrogens with zero attached hydrogens (tertiary/aromatic N) is 1. The Kier molecular flexibility index (Phi) is 5.25. The molecule has 1 aliphatic rings. The molecule has 0 aliphatic carbocycles. The average Bonchev–Trinajstić information content (AvgIpc) is 3.41. The minimum Gasteiger partial charge on any atom is -0.357 e. The summed E-state index contributed by atoms with van der Waals surface area (Å²) < 4.78 is 14.0. The second-order valence-corrected chi connectivity index (χ2v) is 7.85. The number of carbonyl (C=O) groups is 2. The van der Waals surface area contributed by atoms with Crippen LogP contribution in [0, 0.1) is 5.82 Å². The van der Waals surface area contributed by atoms with Crippen LogP contribution in [0.2, 0.25) is 0 Å². The van der Waals surface area contributed by atoms with Gasteiger partial charge >= 0.3 is 0 Å². The number of benzene rings is 1. The molecule has 0 atom stereocenters. The van der Waals surface area contributed by atoms with E-state index in [-0.39, 0.29) is 23.7 Å². The van der Waals surface area contributed by atoms with Gasteiger partial charge in [0.2, 0.25) is 0 Å². The number of aromatic amines is 1. The van der Waals surface area contributed by atoms with Crippen LogP contribution in [0.5, 0.6) is 0 Å². The van der Waals surface area contributed by atoms with Gasteiger partial charge in [-0.1, -0.05) is 18.2 Å². The van der Waals surface area contributed by atoms with Gasteiger partial charge < -0.3 is 15.2 Å². The van der Waals surface area contributed by atoms with Gasteiger partial charge in [0.25, 0.3) is 11.8 Å². The summed E-state index contributed by atoms with van der Waals surface area (Å²) in [5.41, 5.74) is 1.05. The van der Waals surface area contributed by atoms with Gasteiger partial charge in [0.1, 0.15) is 11.5 Å². The molecule has 4 rings (SSSR count). The maximum Gasteiger partial charge on any atom is 0.267 e. The fourth-order valence-corrected chi connectivity index (χ4v) is 4.38. The first-order valence-electron chi connectivity index (χ1n) is 9.20. The van der Waals surface area contributed by atoms with Crippen LogP contribution in [-0.2, 0) is 0 Å². The van der Waals surface area contributed by atoms with Crippen molar-refractivity contribution in [1.29, 1.82) is 0 Å². The number of likely N-dealkylation sites (tertiary alicyclic amines) is 1. The Labute approximate surface area is 166 Å². The minimum atomic E-state index is -0.290. The number of hydrogen-bond acceptors (Lipinski definition) is 3. The summed E-state index contributed by atoms with van der Waals surface area (Å²) in [5.74, 6) is -0.453. The lowest BCUT2D eigenvalue weighted by Crippen LogP contribution is -2.46. The number of amides is 2. The Balaban J connectivity index is 1.36. The number of rotatable bonds is 4. The normalized spacial score (nSPS) is 14.8.